The standard InChI is InChI=1S/C17H17BrN2O2/c1-12-3-4-13(2)14(9-12)10-19-20-17(21)11-22-16-7-5-15(18)6-8-16/h3-10H,11H2,1-2H3,(H,20,21)/b19-10-. The zero-order valence-corrected chi connectivity index (χ0v) is 14.1. The zero-order valence-electron chi connectivity index (χ0n) is 12.5. The Morgan fingerprint density at radius 2 is 1.95 bits per heavy atom. The second kappa shape index (κ2) is 7.75. The van der Waals surface area contributed by atoms with E-state index in [1.807, 2.05) is 44.2 Å². The summed E-state index contributed by atoms with van der Waals surface area (Å²) in [6, 6.07) is 13.4. The molecule has 2 aromatic rings. The van der Waals surface area contributed by atoms with Crippen molar-refractivity contribution >= 4 is 28.1 Å². The van der Waals surface area contributed by atoms with Crippen molar-refractivity contribution in [3.8, 4) is 5.75 Å². The number of rotatable bonds is 5. The van der Waals surface area contributed by atoms with Crippen molar-refractivity contribution in [1.29, 1.82) is 0 Å². The smallest absolute Gasteiger partial charge is 0.277 e. The fraction of sp³-hybridized carbons (Fsp3) is 0.176. The van der Waals surface area contributed by atoms with Crippen LogP contribution in [-0.2, 0) is 4.79 Å². The van der Waals surface area contributed by atoms with Crippen LogP contribution >= 0.6 is 15.9 Å². The maximum absolute atomic E-state index is 11.7. The molecule has 0 saturated carbocycles. The first kappa shape index (κ1) is 16.2. The normalized spacial score (nSPS) is 10.7. The molecule has 2 rings (SSSR count). The van der Waals surface area contributed by atoms with Gasteiger partial charge in [0.2, 0.25) is 0 Å². The maximum atomic E-state index is 11.7. The molecule has 0 unspecified atom stereocenters. The number of hydrogen-bond donors (Lipinski definition) is 1. The van der Waals surface area contributed by atoms with Crippen LogP contribution in [0.25, 0.3) is 0 Å². The molecule has 0 aromatic heterocycles. The molecule has 1 N–H and O–H groups in total. The van der Waals surface area contributed by atoms with E-state index in [4.69, 9.17) is 4.74 Å². The number of benzene rings is 2. The van der Waals surface area contributed by atoms with Crippen molar-refractivity contribution < 1.29 is 9.53 Å². The van der Waals surface area contributed by atoms with Crippen molar-refractivity contribution in [2.75, 3.05) is 6.61 Å². The van der Waals surface area contributed by atoms with E-state index < -0.39 is 0 Å². The summed E-state index contributed by atoms with van der Waals surface area (Å²) in [5.74, 6) is 0.335. The van der Waals surface area contributed by atoms with E-state index in [-0.39, 0.29) is 12.5 Å². The predicted molar refractivity (Wildman–Crippen MR) is 91.3 cm³/mol. The number of ether oxygens (including phenoxy) is 1. The second-order valence-corrected chi connectivity index (χ2v) is 5.81. The quantitative estimate of drug-likeness (QED) is 0.654. The SMILES string of the molecule is Cc1ccc(C)c(/C=N\NC(=O)COc2ccc(Br)cc2)c1. The van der Waals surface area contributed by atoms with E-state index in [0.717, 1.165) is 21.2 Å². The van der Waals surface area contributed by atoms with Crippen LogP contribution in [0.2, 0.25) is 0 Å². The third-order valence-corrected chi connectivity index (χ3v) is 3.54. The third kappa shape index (κ3) is 5.00. The maximum Gasteiger partial charge on any atom is 0.277 e. The number of nitrogens with zero attached hydrogens (tertiary/aromatic N) is 1. The molecule has 0 atom stereocenters. The molecule has 0 aliphatic carbocycles. The molecule has 114 valence electrons. The minimum atomic E-state index is -0.301. The molecule has 4 nitrogen and oxygen atoms in total. The van der Waals surface area contributed by atoms with Crippen molar-refractivity contribution in [3.05, 3.63) is 63.6 Å². The summed E-state index contributed by atoms with van der Waals surface area (Å²) in [5.41, 5.74) is 5.69. The average molecular weight is 361 g/mol. The minimum Gasteiger partial charge on any atom is -0.484 e. The summed E-state index contributed by atoms with van der Waals surface area (Å²) in [6.45, 7) is 3.94. The Labute approximate surface area is 138 Å². The lowest BCUT2D eigenvalue weighted by atomic mass is 10.1. The molecule has 0 spiro atoms. The van der Waals surface area contributed by atoms with Gasteiger partial charge in [0.25, 0.3) is 5.91 Å². The highest BCUT2D eigenvalue weighted by Gasteiger charge is 2.01. The van der Waals surface area contributed by atoms with Gasteiger partial charge in [-0.25, -0.2) is 5.43 Å². The number of amides is 1. The lowest BCUT2D eigenvalue weighted by Gasteiger charge is -2.05. The summed E-state index contributed by atoms with van der Waals surface area (Å²) in [4.78, 5) is 11.7. The number of carbonyl (C=O) groups is 1. The topological polar surface area (TPSA) is 50.7 Å². The summed E-state index contributed by atoms with van der Waals surface area (Å²) in [7, 11) is 0. The van der Waals surface area contributed by atoms with Gasteiger partial charge in [0.05, 0.1) is 6.21 Å². The molecule has 0 aliphatic heterocycles. The van der Waals surface area contributed by atoms with Gasteiger partial charge in [-0.15, -0.1) is 0 Å². The van der Waals surface area contributed by atoms with Crippen LogP contribution in [-0.4, -0.2) is 18.7 Å². The molecule has 0 aliphatic rings. The fourth-order valence-corrected chi connectivity index (χ4v) is 2.05. The van der Waals surface area contributed by atoms with Crippen LogP contribution in [0.5, 0.6) is 5.75 Å². The summed E-state index contributed by atoms with van der Waals surface area (Å²) in [6.07, 6.45) is 1.64. The number of carbonyl (C=O) groups excluding carboxylic acids is 1. The van der Waals surface area contributed by atoms with Crippen LogP contribution in [0.15, 0.2) is 52.0 Å². The van der Waals surface area contributed by atoms with Gasteiger partial charge in [-0.05, 0) is 49.2 Å². The van der Waals surface area contributed by atoms with E-state index in [1.165, 1.54) is 0 Å². The largest absolute Gasteiger partial charge is 0.484 e. The number of hydrazone groups is 1. The molecule has 1 amide bonds. The van der Waals surface area contributed by atoms with Gasteiger partial charge in [0, 0.05) is 4.47 Å². The van der Waals surface area contributed by atoms with E-state index in [9.17, 15) is 4.79 Å². The lowest BCUT2D eigenvalue weighted by Crippen LogP contribution is -2.24. The zero-order chi connectivity index (χ0) is 15.9. The summed E-state index contributed by atoms with van der Waals surface area (Å²) >= 11 is 3.34. The van der Waals surface area contributed by atoms with Gasteiger partial charge in [0.15, 0.2) is 6.61 Å². The molecule has 0 bridgehead atoms. The lowest BCUT2D eigenvalue weighted by molar-refractivity contribution is -0.123. The van der Waals surface area contributed by atoms with E-state index in [2.05, 4.69) is 26.5 Å². The number of hydrogen-bond acceptors (Lipinski definition) is 3. The first-order valence-corrected chi connectivity index (χ1v) is 7.61. The summed E-state index contributed by atoms with van der Waals surface area (Å²) in [5, 5.41) is 3.96. The number of aryl methyl sites for hydroxylation is 2. The number of halogens is 1. The minimum absolute atomic E-state index is 0.0776. The Kier molecular flexibility index (Phi) is 5.72. The van der Waals surface area contributed by atoms with Crippen LogP contribution < -0.4 is 10.2 Å². The molecule has 0 saturated heterocycles. The van der Waals surface area contributed by atoms with Gasteiger partial charge in [-0.1, -0.05) is 39.7 Å². The van der Waals surface area contributed by atoms with Gasteiger partial charge < -0.3 is 4.74 Å². The van der Waals surface area contributed by atoms with Crippen molar-refractivity contribution in [3.63, 3.8) is 0 Å². The second-order valence-electron chi connectivity index (χ2n) is 4.90. The first-order chi connectivity index (χ1) is 10.5. The molecule has 0 heterocycles. The Morgan fingerprint density at radius 1 is 1.23 bits per heavy atom. The van der Waals surface area contributed by atoms with Gasteiger partial charge >= 0.3 is 0 Å². The molecule has 0 radical (unpaired) electrons. The molecule has 22 heavy (non-hydrogen) atoms. The van der Waals surface area contributed by atoms with E-state index in [0.29, 0.717) is 5.75 Å². The van der Waals surface area contributed by atoms with Crippen LogP contribution in [0, 0.1) is 13.8 Å². The molecule has 2 aromatic carbocycles. The fourth-order valence-electron chi connectivity index (χ4n) is 1.78. The molecular formula is C17H17BrN2O2. The highest BCUT2D eigenvalue weighted by molar-refractivity contribution is 9.10. The van der Waals surface area contributed by atoms with E-state index in [1.54, 1.807) is 18.3 Å². The molecule has 5 heteroatoms. The number of nitrogens with one attached hydrogen (secondary N) is 1. The molecular weight excluding hydrogens is 344 g/mol. The predicted octanol–water partition coefficient (Wildman–Crippen LogP) is 3.60. The highest BCUT2D eigenvalue weighted by Crippen LogP contribution is 2.15. The Bertz CT molecular complexity index is 682. The Morgan fingerprint density at radius 3 is 2.68 bits per heavy atom. The van der Waals surface area contributed by atoms with Crippen molar-refractivity contribution in [2.24, 2.45) is 5.10 Å². The van der Waals surface area contributed by atoms with Crippen LogP contribution in [0.4, 0.5) is 0 Å². The average Bonchev–Trinajstić information content (AvgIpc) is 2.50. The Hall–Kier alpha value is -2.14. The van der Waals surface area contributed by atoms with Gasteiger partial charge in [0.1, 0.15) is 5.75 Å². The monoisotopic (exact) mass is 360 g/mol. The Balaban J connectivity index is 1.83. The van der Waals surface area contributed by atoms with E-state index >= 15 is 0 Å². The van der Waals surface area contributed by atoms with Gasteiger partial charge in [-0.3, -0.25) is 4.79 Å². The first-order valence-electron chi connectivity index (χ1n) is 6.82. The van der Waals surface area contributed by atoms with Crippen LogP contribution in [0.1, 0.15) is 16.7 Å². The van der Waals surface area contributed by atoms with Crippen molar-refractivity contribution in [1.82, 2.24) is 5.43 Å². The molecule has 0 fully saturated rings. The van der Waals surface area contributed by atoms with Gasteiger partial charge in [-0.2, -0.15) is 5.10 Å². The van der Waals surface area contributed by atoms with Crippen molar-refractivity contribution in [2.45, 2.75) is 13.8 Å². The summed E-state index contributed by atoms with van der Waals surface area (Å²) < 4.78 is 6.32. The van der Waals surface area contributed by atoms with Crippen LogP contribution in [0.3, 0.4) is 0 Å². The third-order valence-electron chi connectivity index (χ3n) is 3.01. The highest BCUT2D eigenvalue weighted by atomic mass is 79.9.